The van der Waals surface area contributed by atoms with Gasteiger partial charge in [-0.25, -0.2) is 13.8 Å². The maximum Gasteiger partial charge on any atom is 0.202 e. The van der Waals surface area contributed by atoms with Crippen molar-refractivity contribution < 1.29 is 19.1 Å². The van der Waals surface area contributed by atoms with Gasteiger partial charge in [-0.05, 0) is 66.3 Å². The third-order valence-corrected chi connectivity index (χ3v) is 7.86. The number of rotatable bonds is 9. The summed E-state index contributed by atoms with van der Waals surface area (Å²) in [7, 11) is 0. The molecule has 0 aliphatic heterocycles. The van der Waals surface area contributed by atoms with E-state index < -0.39 is 29.3 Å². The molecular formula is C28H35F2N5O2S. The average molecular weight is 544 g/mol. The van der Waals surface area contributed by atoms with Gasteiger partial charge in [-0.3, -0.25) is 0 Å². The van der Waals surface area contributed by atoms with E-state index in [1.54, 1.807) is 0 Å². The molecule has 1 saturated carbocycles. The molecule has 2 atom stereocenters. The average Bonchev–Trinajstić information content (AvgIpc) is 3.39. The van der Waals surface area contributed by atoms with Crippen molar-refractivity contribution in [1.82, 2.24) is 14.7 Å². The van der Waals surface area contributed by atoms with Gasteiger partial charge in [-0.1, -0.05) is 50.2 Å². The quantitative estimate of drug-likeness (QED) is 0.213. The van der Waals surface area contributed by atoms with Crippen LogP contribution in [0.1, 0.15) is 63.1 Å². The molecule has 1 aliphatic rings. The van der Waals surface area contributed by atoms with Crippen LogP contribution in [0.4, 0.5) is 13.9 Å². The minimum absolute atomic E-state index is 0.0277. The Balaban J connectivity index is 1.58. The van der Waals surface area contributed by atoms with E-state index >= 15 is 0 Å². The first kappa shape index (κ1) is 28.1. The van der Waals surface area contributed by atoms with E-state index in [1.165, 1.54) is 24.0 Å². The van der Waals surface area contributed by atoms with Gasteiger partial charge in [0.2, 0.25) is 5.13 Å². The van der Waals surface area contributed by atoms with Gasteiger partial charge in [-0.2, -0.15) is 4.37 Å². The molecule has 1 aliphatic carbocycles. The van der Waals surface area contributed by atoms with E-state index in [0.717, 1.165) is 28.9 Å². The van der Waals surface area contributed by atoms with Crippen LogP contribution in [-0.4, -0.2) is 44.1 Å². The van der Waals surface area contributed by atoms with Crippen LogP contribution in [0.15, 0.2) is 53.9 Å². The Morgan fingerprint density at radius 2 is 1.82 bits per heavy atom. The van der Waals surface area contributed by atoms with Crippen molar-refractivity contribution in [2.75, 3.05) is 11.9 Å². The number of halogens is 2. The van der Waals surface area contributed by atoms with Crippen molar-refractivity contribution in [3.63, 3.8) is 0 Å². The number of anilines is 1. The van der Waals surface area contributed by atoms with Crippen molar-refractivity contribution in [2.45, 2.75) is 76.0 Å². The first-order chi connectivity index (χ1) is 18.1. The summed E-state index contributed by atoms with van der Waals surface area (Å²) >= 11 is 1.15. The van der Waals surface area contributed by atoms with Crippen molar-refractivity contribution in [2.24, 2.45) is 5.16 Å². The highest BCUT2D eigenvalue weighted by atomic mass is 32.1. The maximum atomic E-state index is 13.9. The van der Waals surface area contributed by atoms with Gasteiger partial charge >= 0.3 is 0 Å². The number of nitrogens with one attached hydrogen (secondary N) is 2. The zero-order valence-corrected chi connectivity index (χ0v) is 22.7. The molecule has 2 aromatic carbocycles. The number of hydrogen-bond acceptors (Lipinski definition) is 8. The van der Waals surface area contributed by atoms with E-state index in [2.05, 4.69) is 70.2 Å². The third kappa shape index (κ3) is 6.92. The molecule has 4 rings (SSSR count). The molecule has 4 N–H and O–H groups in total. The summed E-state index contributed by atoms with van der Waals surface area (Å²) in [5.41, 5.74) is 3.06. The molecule has 2 unspecified atom stereocenters. The maximum absolute atomic E-state index is 13.9. The lowest BCUT2D eigenvalue weighted by molar-refractivity contribution is 0.127. The number of nitrogens with zero attached hydrogens (tertiary/aromatic N) is 3. The molecule has 0 radical (unpaired) electrons. The highest BCUT2D eigenvalue weighted by molar-refractivity contribution is 7.09. The molecule has 10 heteroatoms. The molecule has 1 heterocycles. The fourth-order valence-corrected chi connectivity index (χ4v) is 5.51. The van der Waals surface area contributed by atoms with Crippen molar-refractivity contribution in [3.05, 3.63) is 77.1 Å². The molecule has 0 bridgehead atoms. The zero-order chi connectivity index (χ0) is 27.3. The normalized spacial score (nSPS) is 19.7. The Morgan fingerprint density at radius 3 is 2.42 bits per heavy atom. The second-order valence-corrected chi connectivity index (χ2v) is 11.8. The Hall–Kier alpha value is -2.95. The SMILES string of the molecule is CC(C)(C)c1cccc(C2(NCC(O)C(Cc3cc(F)cc(F)c3)Nc3ncns3)CCC(=NO)CC2)c1. The topological polar surface area (TPSA) is 103 Å². The van der Waals surface area contributed by atoms with E-state index in [0.29, 0.717) is 36.4 Å². The number of aromatic nitrogens is 2. The monoisotopic (exact) mass is 543 g/mol. The number of hydrogen-bond donors (Lipinski definition) is 4. The fraction of sp³-hybridized carbons (Fsp3) is 0.464. The summed E-state index contributed by atoms with van der Waals surface area (Å²) in [4.78, 5) is 4.16. The fourth-order valence-electron chi connectivity index (χ4n) is 5.02. The van der Waals surface area contributed by atoms with Crippen molar-refractivity contribution in [3.8, 4) is 0 Å². The number of oxime groups is 1. The van der Waals surface area contributed by atoms with Gasteiger partial charge in [-0.15, -0.1) is 0 Å². The van der Waals surface area contributed by atoms with E-state index in [4.69, 9.17) is 0 Å². The largest absolute Gasteiger partial charge is 0.411 e. The molecule has 0 saturated heterocycles. The Kier molecular flexibility index (Phi) is 8.74. The summed E-state index contributed by atoms with van der Waals surface area (Å²) in [6.07, 6.45) is 3.36. The Bertz CT molecular complexity index is 1220. The molecule has 204 valence electrons. The lowest BCUT2D eigenvalue weighted by Gasteiger charge is -2.41. The predicted octanol–water partition coefficient (Wildman–Crippen LogP) is 5.39. The van der Waals surface area contributed by atoms with E-state index in [9.17, 15) is 19.1 Å². The zero-order valence-electron chi connectivity index (χ0n) is 21.9. The second-order valence-electron chi connectivity index (χ2n) is 11.0. The van der Waals surface area contributed by atoms with Crippen LogP contribution in [0, 0.1) is 11.6 Å². The molecule has 0 spiro atoms. The molecule has 38 heavy (non-hydrogen) atoms. The summed E-state index contributed by atoms with van der Waals surface area (Å²) in [5.74, 6) is -1.33. The summed E-state index contributed by atoms with van der Waals surface area (Å²) in [5, 5.41) is 31.5. The van der Waals surface area contributed by atoms with Crippen LogP contribution in [0.5, 0.6) is 0 Å². The third-order valence-electron chi connectivity index (χ3n) is 7.27. The summed E-state index contributed by atoms with van der Waals surface area (Å²) < 4.78 is 31.8. The molecule has 7 nitrogen and oxygen atoms in total. The molecule has 0 amide bonds. The minimum atomic E-state index is -0.916. The van der Waals surface area contributed by atoms with Gasteiger partial charge in [0.25, 0.3) is 0 Å². The van der Waals surface area contributed by atoms with Gasteiger partial charge in [0, 0.05) is 29.7 Å². The van der Waals surface area contributed by atoms with Crippen LogP contribution in [0.3, 0.4) is 0 Å². The lowest BCUT2D eigenvalue weighted by Crippen LogP contribution is -2.51. The highest BCUT2D eigenvalue weighted by Crippen LogP contribution is 2.38. The minimum Gasteiger partial charge on any atom is -0.411 e. The first-order valence-corrected chi connectivity index (χ1v) is 13.6. The van der Waals surface area contributed by atoms with Gasteiger partial charge < -0.3 is 20.9 Å². The van der Waals surface area contributed by atoms with Gasteiger partial charge in [0.1, 0.15) is 18.0 Å². The van der Waals surface area contributed by atoms with Crippen LogP contribution in [0.2, 0.25) is 0 Å². The second kappa shape index (κ2) is 11.8. The molecule has 1 aromatic heterocycles. The highest BCUT2D eigenvalue weighted by Gasteiger charge is 2.37. The van der Waals surface area contributed by atoms with E-state index in [-0.39, 0.29) is 18.4 Å². The summed E-state index contributed by atoms with van der Waals surface area (Å²) in [6.45, 7) is 6.74. The molecular weight excluding hydrogens is 508 g/mol. The van der Waals surface area contributed by atoms with Gasteiger partial charge in [0.15, 0.2) is 0 Å². The van der Waals surface area contributed by atoms with Crippen molar-refractivity contribution in [1.29, 1.82) is 0 Å². The lowest BCUT2D eigenvalue weighted by atomic mass is 9.74. The number of aliphatic hydroxyl groups excluding tert-OH is 1. The Morgan fingerprint density at radius 1 is 1.11 bits per heavy atom. The summed E-state index contributed by atoms with van der Waals surface area (Å²) in [6, 6.07) is 11.3. The number of aliphatic hydroxyl groups is 1. The van der Waals surface area contributed by atoms with Crippen LogP contribution in [-0.2, 0) is 17.4 Å². The van der Waals surface area contributed by atoms with E-state index in [1.807, 2.05) is 0 Å². The van der Waals surface area contributed by atoms with Crippen LogP contribution >= 0.6 is 11.5 Å². The first-order valence-electron chi connectivity index (χ1n) is 12.8. The predicted molar refractivity (Wildman–Crippen MR) is 146 cm³/mol. The standard InChI is InChI=1S/C28H35F2N5O2S/c1-27(2,3)19-5-4-6-20(14-19)28(9-7-23(35-37)8-10-28)32-16-25(36)24(34-26-31-17-33-38-26)13-18-11-21(29)15-22(30)12-18/h4-6,11-12,14-15,17,24-25,32,36-37H,7-10,13,16H2,1-3H3,(H,31,33,34). The Labute approximate surface area is 226 Å². The molecule has 1 fully saturated rings. The smallest absolute Gasteiger partial charge is 0.202 e. The van der Waals surface area contributed by atoms with Crippen molar-refractivity contribution >= 4 is 22.4 Å². The molecule has 3 aromatic rings. The number of benzene rings is 2. The van der Waals surface area contributed by atoms with Crippen LogP contribution in [0.25, 0.3) is 0 Å². The van der Waals surface area contributed by atoms with Gasteiger partial charge in [0.05, 0.1) is 17.9 Å². The van der Waals surface area contributed by atoms with Crippen LogP contribution < -0.4 is 10.6 Å².